The Morgan fingerprint density at radius 2 is 2.11 bits per heavy atom. The van der Waals surface area contributed by atoms with Crippen LogP contribution in [0.4, 0.5) is 5.69 Å². The van der Waals surface area contributed by atoms with Crippen molar-refractivity contribution >= 4 is 21.6 Å². The molecule has 1 saturated heterocycles. The zero-order valence-corrected chi connectivity index (χ0v) is 11.8. The van der Waals surface area contributed by atoms with Crippen LogP contribution in [0.25, 0.3) is 0 Å². The predicted molar refractivity (Wildman–Crippen MR) is 73.7 cm³/mol. The highest BCUT2D eigenvalue weighted by Gasteiger charge is 2.21. The summed E-state index contributed by atoms with van der Waals surface area (Å²) < 4.78 is 0.531. The third-order valence-electron chi connectivity index (χ3n) is 3.35. The van der Waals surface area contributed by atoms with Crippen molar-refractivity contribution in [2.24, 2.45) is 0 Å². The molecule has 6 heteroatoms. The van der Waals surface area contributed by atoms with Crippen molar-refractivity contribution in [3.05, 3.63) is 38.3 Å². The number of nitro groups is 1. The second-order valence-electron chi connectivity index (χ2n) is 4.43. The van der Waals surface area contributed by atoms with E-state index in [4.69, 9.17) is 0 Å². The van der Waals surface area contributed by atoms with Gasteiger partial charge in [-0.3, -0.25) is 15.0 Å². The number of halogens is 1. The van der Waals surface area contributed by atoms with Gasteiger partial charge in [0.25, 0.3) is 5.69 Å². The Hall–Kier alpha value is -0.980. The molecule has 98 valence electrons. The highest BCUT2D eigenvalue weighted by atomic mass is 79.9. The molecule has 0 bridgehead atoms. The van der Waals surface area contributed by atoms with E-state index in [1.54, 1.807) is 12.1 Å². The van der Waals surface area contributed by atoms with Gasteiger partial charge >= 0.3 is 0 Å². The number of rotatable bonds is 3. The van der Waals surface area contributed by atoms with Crippen LogP contribution < -0.4 is 5.32 Å². The second-order valence-corrected chi connectivity index (χ2v) is 5.28. The van der Waals surface area contributed by atoms with Gasteiger partial charge < -0.3 is 5.32 Å². The average Bonchev–Trinajstić information content (AvgIpc) is 2.39. The fourth-order valence-corrected chi connectivity index (χ4v) is 2.60. The Kier molecular flexibility index (Phi) is 4.31. The standard InChI is InChI=1S/C12H16BrN3O2/c1-9(15-6-4-14-5-7-15)10-2-3-11(13)12(8-10)16(17)18/h2-3,8-9,14H,4-7H2,1H3/t9-/m0/s1. The van der Waals surface area contributed by atoms with Crippen LogP contribution in [0.3, 0.4) is 0 Å². The van der Waals surface area contributed by atoms with Gasteiger partial charge in [-0.1, -0.05) is 6.07 Å². The molecule has 1 aliphatic rings. The van der Waals surface area contributed by atoms with E-state index >= 15 is 0 Å². The summed E-state index contributed by atoms with van der Waals surface area (Å²) in [5.41, 5.74) is 1.13. The van der Waals surface area contributed by atoms with E-state index in [0.717, 1.165) is 31.7 Å². The third kappa shape index (κ3) is 2.88. The first-order valence-corrected chi connectivity index (χ1v) is 6.77. The van der Waals surface area contributed by atoms with Crippen molar-refractivity contribution in [3.63, 3.8) is 0 Å². The van der Waals surface area contributed by atoms with Gasteiger partial charge in [0.1, 0.15) is 0 Å². The van der Waals surface area contributed by atoms with E-state index < -0.39 is 0 Å². The molecule has 1 fully saturated rings. The van der Waals surface area contributed by atoms with Crippen molar-refractivity contribution in [2.45, 2.75) is 13.0 Å². The lowest BCUT2D eigenvalue weighted by Crippen LogP contribution is -2.44. The van der Waals surface area contributed by atoms with E-state index in [9.17, 15) is 10.1 Å². The third-order valence-corrected chi connectivity index (χ3v) is 4.02. The Morgan fingerprint density at radius 1 is 1.44 bits per heavy atom. The molecule has 0 spiro atoms. The Morgan fingerprint density at radius 3 is 2.72 bits per heavy atom. The number of hydrogen-bond acceptors (Lipinski definition) is 4. The predicted octanol–water partition coefficient (Wildman–Crippen LogP) is 2.32. The largest absolute Gasteiger partial charge is 0.314 e. The Balaban J connectivity index is 2.21. The molecule has 1 atom stereocenters. The summed E-state index contributed by atoms with van der Waals surface area (Å²) in [5.74, 6) is 0. The summed E-state index contributed by atoms with van der Waals surface area (Å²) in [6, 6.07) is 5.58. The summed E-state index contributed by atoms with van der Waals surface area (Å²) in [4.78, 5) is 12.9. The molecule has 0 radical (unpaired) electrons. The second kappa shape index (κ2) is 5.77. The van der Waals surface area contributed by atoms with Crippen molar-refractivity contribution in [1.29, 1.82) is 0 Å². The van der Waals surface area contributed by atoms with Gasteiger partial charge in [0.05, 0.1) is 9.40 Å². The smallest absolute Gasteiger partial charge is 0.283 e. The quantitative estimate of drug-likeness (QED) is 0.687. The molecule has 0 saturated carbocycles. The maximum atomic E-state index is 10.9. The number of hydrogen-bond donors (Lipinski definition) is 1. The fourth-order valence-electron chi connectivity index (χ4n) is 2.21. The van der Waals surface area contributed by atoms with Crippen LogP contribution in [0.2, 0.25) is 0 Å². The van der Waals surface area contributed by atoms with E-state index in [0.29, 0.717) is 4.47 Å². The first-order chi connectivity index (χ1) is 8.59. The lowest BCUT2D eigenvalue weighted by atomic mass is 10.1. The van der Waals surface area contributed by atoms with E-state index in [1.807, 2.05) is 6.07 Å². The highest BCUT2D eigenvalue weighted by molar-refractivity contribution is 9.10. The molecule has 5 nitrogen and oxygen atoms in total. The summed E-state index contributed by atoms with van der Waals surface area (Å²) in [6.07, 6.45) is 0. The molecule has 0 unspecified atom stereocenters. The van der Waals surface area contributed by atoms with E-state index in [2.05, 4.69) is 33.1 Å². The minimum atomic E-state index is -0.349. The molecule has 1 aliphatic heterocycles. The van der Waals surface area contributed by atoms with Crippen LogP contribution in [-0.4, -0.2) is 36.0 Å². The SMILES string of the molecule is C[C@@H](c1ccc(Br)c([N+](=O)[O-])c1)N1CCNCC1. The van der Waals surface area contributed by atoms with Crippen molar-refractivity contribution < 1.29 is 4.92 Å². The summed E-state index contributed by atoms with van der Waals surface area (Å²) in [7, 11) is 0. The Labute approximate surface area is 114 Å². The summed E-state index contributed by atoms with van der Waals surface area (Å²) >= 11 is 3.21. The number of nitrogens with zero attached hydrogens (tertiary/aromatic N) is 2. The van der Waals surface area contributed by atoms with Gasteiger partial charge in [0.2, 0.25) is 0 Å². The summed E-state index contributed by atoms with van der Waals surface area (Å²) in [6.45, 7) is 6.00. The molecule has 0 aliphatic carbocycles. The summed E-state index contributed by atoms with van der Waals surface area (Å²) in [5, 5.41) is 14.2. The zero-order valence-electron chi connectivity index (χ0n) is 10.2. The van der Waals surface area contributed by atoms with Crippen LogP contribution in [0.15, 0.2) is 22.7 Å². The van der Waals surface area contributed by atoms with Crippen molar-refractivity contribution in [2.75, 3.05) is 26.2 Å². The minimum absolute atomic E-state index is 0.134. The van der Waals surface area contributed by atoms with Crippen LogP contribution in [0.1, 0.15) is 18.5 Å². The lowest BCUT2D eigenvalue weighted by molar-refractivity contribution is -0.385. The number of nitro benzene ring substituents is 1. The Bertz CT molecular complexity index is 447. The molecule has 1 aromatic carbocycles. The maximum absolute atomic E-state index is 10.9. The minimum Gasteiger partial charge on any atom is -0.314 e. The lowest BCUT2D eigenvalue weighted by Gasteiger charge is -2.33. The fraction of sp³-hybridized carbons (Fsp3) is 0.500. The topological polar surface area (TPSA) is 58.4 Å². The van der Waals surface area contributed by atoms with Gasteiger partial charge in [-0.05, 0) is 34.5 Å². The van der Waals surface area contributed by atoms with Gasteiger partial charge in [0, 0.05) is 38.3 Å². The normalized spacial score (nSPS) is 18.6. The molecule has 1 aromatic rings. The first-order valence-electron chi connectivity index (χ1n) is 5.98. The van der Waals surface area contributed by atoms with Crippen LogP contribution in [-0.2, 0) is 0 Å². The van der Waals surface area contributed by atoms with Gasteiger partial charge in [-0.15, -0.1) is 0 Å². The van der Waals surface area contributed by atoms with Gasteiger partial charge in [0.15, 0.2) is 0 Å². The average molecular weight is 314 g/mol. The number of piperazine rings is 1. The number of nitrogens with one attached hydrogen (secondary N) is 1. The maximum Gasteiger partial charge on any atom is 0.283 e. The van der Waals surface area contributed by atoms with Gasteiger partial charge in [-0.25, -0.2) is 0 Å². The first kappa shape index (κ1) is 13.5. The van der Waals surface area contributed by atoms with Crippen LogP contribution >= 0.6 is 15.9 Å². The number of benzene rings is 1. The van der Waals surface area contributed by atoms with Crippen LogP contribution in [0.5, 0.6) is 0 Å². The van der Waals surface area contributed by atoms with Gasteiger partial charge in [-0.2, -0.15) is 0 Å². The molecular weight excluding hydrogens is 298 g/mol. The molecule has 2 rings (SSSR count). The van der Waals surface area contributed by atoms with E-state index in [-0.39, 0.29) is 16.7 Å². The van der Waals surface area contributed by atoms with Crippen LogP contribution in [0, 0.1) is 10.1 Å². The molecular formula is C12H16BrN3O2. The molecule has 1 heterocycles. The molecule has 1 N–H and O–H groups in total. The zero-order chi connectivity index (χ0) is 13.1. The molecule has 18 heavy (non-hydrogen) atoms. The molecule has 0 amide bonds. The molecule has 0 aromatic heterocycles. The highest BCUT2D eigenvalue weighted by Crippen LogP contribution is 2.30. The van der Waals surface area contributed by atoms with Crippen molar-refractivity contribution in [3.8, 4) is 0 Å². The van der Waals surface area contributed by atoms with E-state index in [1.165, 1.54) is 0 Å². The van der Waals surface area contributed by atoms with Crippen molar-refractivity contribution in [1.82, 2.24) is 10.2 Å². The monoisotopic (exact) mass is 313 g/mol.